The summed E-state index contributed by atoms with van der Waals surface area (Å²) in [6, 6.07) is 0. The predicted octanol–water partition coefficient (Wildman–Crippen LogP) is 1.08. The van der Waals surface area contributed by atoms with Crippen LogP contribution >= 0.6 is 0 Å². The third-order valence-corrected chi connectivity index (χ3v) is 3.77. The first-order chi connectivity index (χ1) is 7.52. The lowest BCUT2D eigenvalue weighted by molar-refractivity contribution is -0.154. The summed E-state index contributed by atoms with van der Waals surface area (Å²) in [4.78, 5) is 25.0. The molecule has 1 saturated heterocycles. The summed E-state index contributed by atoms with van der Waals surface area (Å²) in [6.45, 7) is 1.74. The minimum Gasteiger partial charge on any atom is -0.392 e. The molecule has 1 aliphatic carbocycles. The van der Waals surface area contributed by atoms with Crippen LogP contribution in [0.4, 0.5) is 0 Å². The van der Waals surface area contributed by atoms with Crippen molar-refractivity contribution in [1.82, 2.24) is 4.90 Å². The van der Waals surface area contributed by atoms with Crippen LogP contribution in [-0.4, -0.2) is 34.5 Å². The molecule has 1 N–H and O–H groups in total. The van der Waals surface area contributed by atoms with Gasteiger partial charge in [-0.2, -0.15) is 0 Å². The average Bonchev–Trinajstić information content (AvgIpc) is 2.60. The van der Waals surface area contributed by atoms with Crippen LogP contribution in [0.25, 0.3) is 0 Å². The molecule has 2 aliphatic rings. The number of aliphatic hydroxyl groups excluding tert-OH is 1. The second kappa shape index (κ2) is 4.17. The van der Waals surface area contributed by atoms with Crippen molar-refractivity contribution < 1.29 is 14.7 Å². The molecule has 2 fully saturated rings. The van der Waals surface area contributed by atoms with Crippen LogP contribution < -0.4 is 0 Å². The van der Waals surface area contributed by atoms with Crippen molar-refractivity contribution in [2.45, 2.75) is 51.6 Å². The molecule has 90 valence electrons. The lowest BCUT2D eigenvalue weighted by Gasteiger charge is -2.37. The highest BCUT2D eigenvalue weighted by Crippen LogP contribution is 2.46. The molecular formula is C12H19NO3. The van der Waals surface area contributed by atoms with Gasteiger partial charge in [-0.05, 0) is 25.2 Å². The normalized spacial score (nSPS) is 26.5. The smallest absolute Gasteiger partial charge is 0.229 e. The van der Waals surface area contributed by atoms with E-state index < -0.39 is 6.10 Å². The van der Waals surface area contributed by atoms with Gasteiger partial charge < -0.3 is 5.11 Å². The van der Waals surface area contributed by atoms with E-state index in [1.165, 1.54) is 4.90 Å². The Bertz CT molecular complexity index is 285. The second-order valence-electron chi connectivity index (χ2n) is 5.31. The van der Waals surface area contributed by atoms with Gasteiger partial charge in [-0.15, -0.1) is 0 Å². The number of carbonyl (C=O) groups excluding carboxylic acids is 2. The van der Waals surface area contributed by atoms with Crippen LogP contribution in [0.2, 0.25) is 0 Å². The number of piperidine rings is 1. The van der Waals surface area contributed by atoms with Crippen LogP contribution in [0.1, 0.15) is 45.4 Å². The van der Waals surface area contributed by atoms with Crippen molar-refractivity contribution in [2.75, 3.05) is 6.54 Å². The van der Waals surface area contributed by atoms with Crippen molar-refractivity contribution >= 4 is 11.8 Å². The van der Waals surface area contributed by atoms with Crippen molar-refractivity contribution in [3.8, 4) is 0 Å². The second-order valence-corrected chi connectivity index (χ2v) is 5.31. The highest BCUT2D eigenvalue weighted by molar-refractivity contribution is 5.98. The van der Waals surface area contributed by atoms with Crippen molar-refractivity contribution in [1.29, 1.82) is 0 Å². The fourth-order valence-corrected chi connectivity index (χ4v) is 2.98. The first-order valence-corrected chi connectivity index (χ1v) is 6.04. The van der Waals surface area contributed by atoms with Crippen LogP contribution in [0, 0.1) is 5.41 Å². The Hall–Kier alpha value is -0.900. The Morgan fingerprint density at radius 3 is 2.19 bits per heavy atom. The molecule has 16 heavy (non-hydrogen) atoms. The Morgan fingerprint density at radius 1 is 1.25 bits per heavy atom. The molecule has 0 bridgehead atoms. The zero-order chi connectivity index (χ0) is 11.8. The SMILES string of the molecule is CC(O)CN1C(=O)CC2(CCCC2)CC1=O. The van der Waals surface area contributed by atoms with E-state index in [-0.39, 0.29) is 23.8 Å². The first kappa shape index (κ1) is 11.6. The molecule has 1 spiro atoms. The minimum atomic E-state index is -0.634. The van der Waals surface area contributed by atoms with Gasteiger partial charge in [-0.25, -0.2) is 0 Å². The monoisotopic (exact) mass is 225 g/mol. The zero-order valence-corrected chi connectivity index (χ0v) is 9.74. The first-order valence-electron chi connectivity index (χ1n) is 6.04. The predicted molar refractivity (Wildman–Crippen MR) is 58.5 cm³/mol. The highest BCUT2D eigenvalue weighted by atomic mass is 16.3. The van der Waals surface area contributed by atoms with Crippen LogP contribution in [0.15, 0.2) is 0 Å². The molecule has 4 heteroatoms. The number of carbonyl (C=O) groups is 2. The van der Waals surface area contributed by atoms with E-state index in [1.807, 2.05) is 0 Å². The maximum Gasteiger partial charge on any atom is 0.229 e. The molecule has 1 atom stereocenters. The van der Waals surface area contributed by atoms with Gasteiger partial charge in [0.2, 0.25) is 11.8 Å². The lowest BCUT2D eigenvalue weighted by Crippen LogP contribution is -2.49. The summed E-state index contributed by atoms with van der Waals surface area (Å²) in [6.07, 6.45) is 4.63. The highest BCUT2D eigenvalue weighted by Gasteiger charge is 2.45. The van der Waals surface area contributed by atoms with Gasteiger partial charge in [0.15, 0.2) is 0 Å². The number of hydrogen-bond acceptors (Lipinski definition) is 3. The van der Waals surface area contributed by atoms with Gasteiger partial charge >= 0.3 is 0 Å². The van der Waals surface area contributed by atoms with Crippen LogP contribution in [0.5, 0.6) is 0 Å². The third-order valence-electron chi connectivity index (χ3n) is 3.77. The van der Waals surface area contributed by atoms with E-state index in [0.29, 0.717) is 12.8 Å². The molecule has 0 aromatic heterocycles. The summed E-state index contributed by atoms with van der Waals surface area (Å²) in [5.74, 6) is -0.196. The summed E-state index contributed by atoms with van der Waals surface area (Å²) < 4.78 is 0. The van der Waals surface area contributed by atoms with E-state index in [0.717, 1.165) is 25.7 Å². The summed E-state index contributed by atoms with van der Waals surface area (Å²) >= 11 is 0. The molecule has 2 rings (SSSR count). The molecule has 0 aromatic rings. The quantitative estimate of drug-likeness (QED) is 0.715. The largest absolute Gasteiger partial charge is 0.392 e. The van der Waals surface area contributed by atoms with E-state index >= 15 is 0 Å². The standard InChI is InChI=1S/C12H19NO3/c1-9(14)8-13-10(15)6-12(7-11(13)16)4-2-3-5-12/h9,14H,2-8H2,1H3. The maximum absolute atomic E-state index is 11.9. The van der Waals surface area contributed by atoms with Crippen molar-refractivity contribution in [3.63, 3.8) is 0 Å². The Labute approximate surface area is 95.6 Å². The van der Waals surface area contributed by atoms with E-state index in [1.54, 1.807) is 6.92 Å². The molecule has 4 nitrogen and oxygen atoms in total. The lowest BCUT2D eigenvalue weighted by atomic mass is 9.76. The molecular weight excluding hydrogens is 206 g/mol. The molecule has 2 amide bonds. The number of imide groups is 1. The number of amides is 2. The topological polar surface area (TPSA) is 57.6 Å². The van der Waals surface area contributed by atoms with Crippen LogP contribution in [-0.2, 0) is 9.59 Å². The fourth-order valence-electron chi connectivity index (χ4n) is 2.98. The maximum atomic E-state index is 11.9. The van der Waals surface area contributed by atoms with Gasteiger partial charge in [-0.3, -0.25) is 14.5 Å². The van der Waals surface area contributed by atoms with Gasteiger partial charge in [0.25, 0.3) is 0 Å². The molecule has 1 heterocycles. The number of likely N-dealkylation sites (tertiary alicyclic amines) is 1. The van der Waals surface area contributed by atoms with Gasteiger partial charge in [0.1, 0.15) is 0 Å². The Balaban J connectivity index is 2.07. The summed E-state index contributed by atoms with van der Waals surface area (Å²) in [7, 11) is 0. The Kier molecular flexibility index (Phi) is 3.02. The van der Waals surface area contributed by atoms with Gasteiger partial charge in [-0.1, -0.05) is 12.8 Å². The van der Waals surface area contributed by atoms with Crippen LogP contribution in [0.3, 0.4) is 0 Å². The number of β-amino-alcohol motifs (C(OH)–C–C–N with tert-alkyl or cyclic N) is 1. The Morgan fingerprint density at radius 2 is 1.75 bits per heavy atom. The van der Waals surface area contributed by atoms with E-state index in [9.17, 15) is 14.7 Å². The number of aliphatic hydroxyl groups is 1. The zero-order valence-electron chi connectivity index (χ0n) is 9.74. The molecule has 1 saturated carbocycles. The minimum absolute atomic E-state index is 0.0383. The number of hydrogen-bond donors (Lipinski definition) is 1. The molecule has 0 radical (unpaired) electrons. The van der Waals surface area contributed by atoms with Gasteiger partial charge in [0.05, 0.1) is 12.6 Å². The number of rotatable bonds is 2. The van der Waals surface area contributed by atoms with Gasteiger partial charge in [0, 0.05) is 12.8 Å². The fraction of sp³-hybridized carbons (Fsp3) is 0.833. The number of nitrogens with zero attached hydrogens (tertiary/aromatic N) is 1. The molecule has 1 aliphatic heterocycles. The third kappa shape index (κ3) is 2.12. The molecule has 1 unspecified atom stereocenters. The van der Waals surface area contributed by atoms with E-state index in [4.69, 9.17) is 0 Å². The van der Waals surface area contributed by atoms with Crippen molar-refractivity contribution in [3.05, 3.63) is 0 Å². The summed E-state index contributed by atoms with van der Waals surface area (Å²) in [5, 5.41) is 9.25. The molecule has 0 aromatic carbocycles. The van der Waals surface area contributed by atoms with E-state index in [2.05, 4.69) is 0 Å². The average molecular weight is 225 g/mol. The summed E-state index contributed by atoms with van der Waals surface area (Å²) in [5.41, 5.74) is -0.0383. The van der Waals surface area contributed by atoms with Crippen molar-refractivity contribution in [2.24, 2.45) is 5.41 Å².